The molecule has 4 heteroatoms. The molecule has 0 saturated heterocycles. The molecular formula is C21H19BrO3. The molecule has 128 valence electrons. The van der Waals surface area contributed by atoms with E-state index in [0.717, 1.165) is 58.0 Å². The molecule has 0 spiro atoms. The number of hydrogen-bond donors (Lipinski definition) is 0. The van der Waals surface area contributed by atoms with Gasteiger partial charge in [-0.2, -0.15) is 0 Å². The summed E-state index contributed by atoms with van der Waals surface area (Å²) in [6, 6.07) is 12.1. The van der Waals surface area contributed by atoms with Crippen LogP contribution in [0.5, 0.6) is 5.75 Å². The second kappa shape index (κ2) is 6.68. The Morgan fingerprint density at radius 2 is 1.92 bits per heavy atom. The Hall–Kier alpha value is -2.07. The molecule has 3 aromatic rings. The van der Waals surface area contributed by atoms with Crippen molar-refractivity contribution in [2.45, 2.75) is 39.2 Å². The van der Waals surface area contributed by atoms with Crippen LogP contribution in [0.4, 0.5) is 0 Å². The largest absolute Gasteiger partial charge is 0.488 e. The highest BCUT2D eigenvalue weighted by atomic mass is 79.9. The highest BCUT2D eigenvalue weighted by Crippen LogP contribution is 2.32. The standard InChI is InChI=1S/C21H19BrO3/c1-13-19(24-12-14-5-4-6-15(22)11-14)10-9-17-16-7-2-3-8-18(16)21(23)25-20(13)17/h4-6,9-11H,2-3,7-8,12H2,1H3. The minimum absolute atomic E-state index is 0.186. The Bertz CT molecular complexity index is 1000. The topological polar surface area (TPSA) is 39.4 Å². The predicted molar refractivity (Wildman–Crippen MR) is 102 cm³/mol. The molecule has 3 nitrogen and oxygen atoms in total. The van der Waals surface area contributed by atoms with Gasteiger partial charge in [-0.15, -0.1) is 0 Å². The summed E-state index contributed by atoms with van der Waals surface area (Å²) in [4.78, 5) is 12.3. The van der Waals surface area contributed by atoms with Gasteiger partial charge in [0.25, 0.3) is 0 Å². The van der Waals surface area contributed by atoms with Gasteiger partial charge in [-0.1, -0.05) is 28.1 Å². The minimum Gasteiger partial charge on any atom is -0.488 e. The van der Waals surface area contributed by atoms with Crippen LogP contribution in [0.25, 0.3) is 11.0 Å². The lowest BCUT2D eigenvalue weighted by Gasteiger charge is -2.18. The Morgan fingerprint density at radius 3 is 2.72 bits per heavy atom. The van der Waals surface area contributed by atoms with Crippen molar-refractivity contribution in [2.75, 3.05) is 0 Å². The van der Waals surface area contributed by atoms with Gasteiger partial charge in [0.05, 0.1) is 0 Å². The van der Waals surface area contributed by atoms with Crippen LogP contribution < -0.4 is 10.4 Å². The van der Waals surface area contributed by atoms with Gasteiger partial charge in [-0.25, -0.2) is 4.79 Å². The van der Waals surface area contributed by atoms with E-state index < -0.39 is 0 Å². The van der Waals surface area contributed by atoms with E-state index in [2.05, 4.69) is 15.9 Å². The van der Waals surface area contributed by atoms with Gasteiger partial charge in [0, 0.05) is 21.0 Å². The molecule has 1 aliphatic rings. The molecule has 1 aliphatic carbocycles. The third-order valence-corrected chi connectivity index (χ3v) is 5.37. The summed E-state index contributed by atoms with van der Waals surface area (Å²) in [5, 5.41) is 1.06. The molecule has 2 aromatic carbocycles. The van der Waals surface area contributed by atoms with E-state index in [1.807, 2.05) is 43.3 Å². The summed E-state index contributed by atoms with van der Waals surface area (Å²) in [7, 11) is 0. The van der Waals surface area contributed by atoms with Gasteiger partial charge in [0.15, 0.2) is 0 Å². The van der Waals surface area contributed by atoms with Crippen LogP contribution >= 0.6 is 15.9 Å². The van der Waals surface area contributed by atoms with Crippen LogP contribution in [0.1, 0.15) is 35.1 Å². The van der Waals surface area contributed by atoms with E-state index in [4.69, 9.17) is 9.15 Å². The number of hydrogen-bond acceptors (Lipinski definition) is 3. The molecule has 1 heterocycles. The van der Waals surface area contributed by atoms with Crippen molar-refractivity contribution in [3.05, 3.63) is 73.5 Å². The third kappa shape index (κ3) is 3.11. The molecule has 0 saturated carbocycles. The molecule has 0 unspecified atom stereocenters. The molecule has 0 radical (unpaired) electrons. The second-order valence-electron chi connectivity index (χ2n) is 6.54. The zero-order chi connectivity index (χ0) is 17.4. The molecule has 0 aliphatic heterocycles. The zero-order valence-corrected chi connectivity index (χ0v) is 15.7. The number of halogens is 1. The molecule has 1 aromatic heterocycles. The molecule has 0 amide bonds. The Labute approximate surface area is 154 Å². The number of rotatable bonds is 3. The first-order valence-corrected chi connectivity index (χ1v) is 9.38. The lowest BCUT2D eigenvalue weighted by Crippen LogP contribution is -2.16. The van der Waals surface area contributed by atoms with E-state index in [0.29, 0.717) is 12.2 Å². The molecule has 0 bridgehead atoms. The molecule has 25 heavy (non-hydrogen) atoms. The van der Waals surface area contributed by atoms with Gasteiger partial charge in [-0.05, 0) is 68.0 Å². The first-order valence-electron chi connectivity index (χ1n) is 8.59. The average Bonchev–Trinajstić information content (AvgIpc) is 2.62. The fourth-order valence-electron chi connectivity index (χ4n) is 3.57. The third-order valence-electron chi connectivity index (χ3n) is 4.87. The van der Waals surface area contributed by atoms with Crippen molar-refractivity contribution >= 4 is 26.9 Å². The van der Waals surface area contributed by atoms with E-state index >= 15 is 0 Å². The highest BCUT2D eigenvalue weighted by molar-refractivity contribution is 9.10. The SMILES string of the molecule is Cc1c(OCc2cccc(Br)c2)ccc2c3c(c(=O)oc12)CCCC3. The first kappa shape index (κ1) is 16.4. The average molecular weight is 399 g/mol. The van der Waals surface area contributed by atoms with Gasteiger partial charge in [0.2, 0.25) is 0 Å². The van der Waals surface area contributed by atoms with Gasteiger partial charge < -0.3 is 9.15 Å². The predicted octanol–water partition coefficient (Wildman–Crippen LogP) is 5.32. The molecular weight excluding hydrogens is 380 g/mol. The van der Waals surface area contributed by atoms with Crippen LogP contribution in [0.2, 0.25) is 0 Å². The monoisotopic (exact) mass is 398 g/mol. The quantitative estimate of drug-likeness (QED) is 0.560. The second-order valence-corrected chi connectivity index (χ2v) is 7.45. The molecule has 0 N–H and O–H groups in total. The van der Waals surface area contributed by atoms with Crippen LogP contribution in [-0.4, -0.2) is 0 Å². The van der Waals surface area contributed by atoms with Crippen molar-refractivity contribution in [2.24, 2.45) is 0 Å². The minimum atomic E-state index is -0.186. The van der Waals surface area contributed by atoms with Crippen molar-refractivity contribution in [3.8, 4) is 5.75 Å². The number of ether oxygens (including phenoxy) is 1. The lowest BCUT2D eigenvalue weighted by atomic mass is 9.90. The van der Waals surface area contributed by atoms with E-state index in [-0.39, 0.29) is 5.63 Å². The highest BCUT2D eigenvalue weighted by Gasteiger charge is 2.20. The Morgan fingerprint density at radius 1 is 1.12 bits per heavy atom. The Balaban J connectivity index is 1.72. The summed E-state index contributed by atoms with van der Waals surface area (Å²) in [6.07, 6.45) is 3.98. The van der Waals surface area contributed by atoms with Crippen LogP contribution in [0.3, 0.4) is 0 Å². The van der Waals surface area contributed by atoms with E-state index in [1.54, 1.807) is 0 Å². The zero-order valence-electron chi connectivity index (χ0n) is 14.1. The maximum atomic E-state index is 12.3. The maximum Gasteiger partial charge on any atom is 0.339 e. The lowest BCUT2D eigenvalue weighted by molar-refractivity contribution is 0.304. The van der Waals surface area contributed by atoms with Gasteiger partial charge in [0.1, 0.15) is 17.9 Å². The van der Waals surface area contributed by atoms with Crippen molar-refractivity contribution in [1.29, 1.82) is 0 Å². The number of benzene rings is 2. The summed E-state index contributed by atoms with van der Waals surface area (Å²) < 4.78 is 12.7. The van der Waals surface area contributed by atoms with Crippen molar-refractivity contribution in [3.63, 3.8) is 0 Å². The maximum absolute atomic E-state index is 12.3. The van der Waals surface area contributed by atoms with Crippen LogP contribution in [0.15, 0.2) is 50.1 Å². The summed E-state index contributed by atoms with van der Waals surface area (Å²) in [5.41, 5.74) is 4.48. The van der Waals surface area contributed by atoms with Crippen molar-refractivity contribution in [1.82, 2.24) is 0 Å². The Kier molecular flexibility index (Phi) is 4.38. The molecule has 0 fully saturated rings. The number of fused-ring (bicyclic) bond motifs is 3. The summed E-state index contributed by atoms with van der Waals surface area (Å²) >= 11 is 3.47. The summed E-state index contributed by atoms with van der Waals surface area (Å²) in [6.45, 7) is 2.43. The first-order chi connectivity index (χ1) is 12.1. The number of aryl methyl sites for hydroxylation is 2. The fourth-order valence-corrected chi connectivity index (χ4v) is 4.02. The fraction of sp³-hybridized carbons (Fsp3) is 0.286. The van der Waals surface area contributed by atoms with Gasteiger partial charge >= 0.3 is 5.63 Å². The van der Waals surface area contributed by atoms with Crippen LogP contribution in [-0.2, 0) is 19.4 Å². The van der Waals surface area contributed by atoms with E-state index in [9.17, 15) is 4.79 Å². The molecule has 0 atom stereocenters. The molecule has 4 rings (SSSR count). The van der Waals surface area contributed by atoms with Crippen LogP contribution in [0, 0.1) is 6.92 Å². The smallest absolute Gasteiger partial charge is 0.339 e. The normalized spacial score (nSPS) is 13.7. The van der Waals surface area contributed by atoms with Crippen molar-refractivity contribution < 1.29 is 9.15 Å². The summed E-state index contributed by atoms with van der Waals surface area (Å²) in [5.74, 6) is 0.756. The van der Waals surface area contributed by atoms with E-state index in [1.165, 1.54) is 5.56 Å². The van der Waals surface area contributed by atoms with Gasteiger partial charge in [-0.3, -0.25) is 0 Å².